The average molecular weight is 261 g/mol. The number of amides is 1. The zero-order valence-electron chi connectivity index (χ0n) is 11.2. The summed E-state index contributed by atoms with van der Waals surface area (Å²) >= 11 is 0. The first kappa shape index (κ1) is 13.6. The molecular weight excluding hydrogens is 242 g/mol. The monoisotopic (exact) mass is 261 g/mol. The Morgan fingerprint density at radius 2 is 2.16 bits per heavy atom. The largest absolute Gasteiger partial charge is 0.496 e. The molecule has 1 saturated heterocycles. The maximum Gasteiger partial charge on any atom is 0.246 e. The summed E-state index contributed by atoms with van der Waals surface area (Å²) in [6, 6.07) is 7.53. The predicted molar refractivity (Wildman–Crippen MR) is 73.8 cm³/mol. The molecule has 1 N–H and O–H groups in total. The van der Waals surface area contributed by atoms with E-state index in [9.17, 15) is 9.90 Å². The summed E-state index contributed by atoms with van der Waals surface area (Å²) in [7, 11) is 1.60. The second kappa shape index (κ2) is 5.89. The van der Waals surface area contributed by atoms with Crippen LogP contribution in [0.25, 0.3) is 6.08 Å². The molecule has 4 heteroatoms. The molecule has 0 aromatic heterocycles. The van der Waals surface area contributed by atoms with Crippen LogP contribution in [0, 0.1) is 5.92 Å². The van der Waals surface area contributed by atoms with E-state index in [4.69, 9.17) is 4.74 Å². The number of benzene rings is 1. The summed E-state index contributed by atoms with van der Waals surface area (Å²) in [5.74, 6) is 0.805. The Kier molecular flexibility index (Phi) is 4.22. The summed E-state index contributed by atoms with van der Waals surface area (Å²) < 4.78 is 5.22. The van der Waals surface area contributed by atoms with Crippen LogP contribution in [0.5, 0.6) is 5.75 Å². The van der Waals surface area contributed by atoms with E-state index in [-0.39, 0.29) is 11.8 Å². The second-order valence-electron chi connectivity index (χ2n) is 4.86. The molecule has 2 unspecified atom stereocenters. The number of para-hydroxylation sites is 1. The number of nitrogens with zero attached hydrogens (tertiary/aromatic N) is 1. The molecule has 19 heavy (non-hydrogen) atoms. The Labute approximate surface area is 113 Å². The zero-order valence-corrected chi connectivity index (χ0v) is 11.2. The number of carbonyl (C=O) groups is 1. The quantitative estimate of drug-likeness (QED) is 0.840. The van der Waals surface area contributed by atoms with Gasteiger partial charge >= 0.3 is 0 Å². The lowest BCUT2D eigenvalue weighted by Crippen LogP contribution is -2.27. The normalized spacial score (nSPS) is 23.0. The van der Waals surface area contributed by atoms with Gasteiger partial charge in [0.1, 0.15) is 5.75 Å². The fraction of sp³-hybridized carbons (Fsp3) is 0.400. The molecule has 4 nitrogen and oxygen atoms in total. The highest BCUT2D eigenvalue weighted by molar-refractivity contribution is 5.92. The van der Waals surface area contributed by atoms with E-state index in [2.05, 4.69) is 0 Å². The third kappa shape index (κ3) is 3.15. The molecule has 1 amide bonds. The molecule has 1 aliphatic rings. The van der Waals surface area contributed by atoms with E-state index < -0.39 is 6.10 Å². The molecule has 0 aliphatic carbocycles. The second-order valence-corrected chi connectivity index (χ2v) is 4.86. The van der Waals surface area contributed by atoms with Gasteiger partial charge in [0.05, 0.1) is 13.2 Å². The van der Waals surface area contributed by atoms with Crippen molar-refractivity contribution in [1.82, 2.24) is 4.90 Å². The summed E-state index contributed by atoms with van der Waals surface area (Å²) in [5.41, 5.74) is 0.867. The number of aliphatic hydroxyl groups is 1. The highest BCUT2D eigenvalue weighted by Crippen LogP contribution is 2.20. The molecule has 0 radical (unpaired) electrons. The van der Waals surface area contributed by atoms with Crippen LogP contribution in [-0.4, -0.2) is 42.2 Å². The van der Waals surface area contributed by atoms with Gasteiger partial charge in [-0.15, -0.1) is 0 Å². The Bertz CT molecular complexity index is 474. The number of hydrogen-bond donors (Lipinski definition) is 1. The van der Waals surface area contributed by atoms with Crippen LogP contribution in [0.1, 0.15) is 12.5 Å². The summed E-state index contributed by atoms with van der Waals surface area (Å²) in [4.78, 5) is 13.7. The third-order valence-corrected chi connectivity index (χ3v) is 3.43. The number of aliphatic hydroxyl groups excluding tert-OH is 1. The smallest absolute Gasteiger partial charge is 0.246 e. The predicted octanol–water partition coefficient (Wildman–Crippen LogP) is 1.55. The SMILES string of the molecule is COc1ccccc1C=CC(=O)N1CC(C)C(O)C1. The van der Waals surface area contributed by atoms with Crippen molar-refractivity contribution in [1.29, 1.82) is 0 Å². The first-order valence-corrected chi connectivity index (χ1v) is 6.40. The fourth-order valence-corrected chi connectivity index (χ4v) is 2.20. The lowest BCUT2D eigenvalue weighted by atomic mass is 10.1. The van der Waals surface area contributed by atoms with Crippen molar-refractivity contribution in [3.63, 3.8) is 0 Å². The minimum absolute atomic E-state index is 0.0747. The van der Waals surface area contributed by atoms with E-state index >= 15 is 0 Å². The fourth-order valence-electron chi connectivity index (χ4n) is 2.20. The van der Waals surface area contributed by atoms with Gasteiger partial charge in [-0.2, -0.15) is 0 Å². The van der Waals surface area contributed by atoms with Crippen molar-refractivity contribution in [3.8, 4) is 5.75 Å². The van der Waals surface area contributed by atoms with Gasteiger partial charge in [0.25, 0.3) is 0 Å². The van der Waals surface area contributed by atoms with Crippen molar-refractivity contribution in [3.05, 3.63) is 35.9 Å². The van der Waals surface area contributed by atoms with Gasteiger partial charge in [0, 0.05) is 30.6 Å². The highest BCUT2D eigenvalue weighted by Gasteiger charge is 2.29. The van der Waals surface area contributed by atoms with Gasteiger partial charge < -0.3 is 14.7 Å². The molecule has 0 bridgehead atoms. The maximum atomic E-state index is 12.0. The van der Waals surface area contributed by atoms with Gasteiger partial charge in [-0.05, 0) is 12.1 Å². The number of hydrogen-bond acceptors (Lipinski definition) is 3. The standard InChI is InChI=1S/C15H19NO3/c1-11-9-16(10-13(11)17)15(18)8-7-12-5-3-4-6-14(12)19-2/h3-8,11,13,17H,9-10H2,1-2H3. The van der Waals surface area contributed by atoms with Crippen molar-refractivity contribution >= 4 is 12.0 Å². The van der Waals surface area contributed by atoms with Gasteiger partial charge in [0.2, 0.25) is 5.91 Å². The lowest BCUT2D eigenvalue weighted by Gasteiger charge is -2.12. The van der Waals surface area contributed by atoms with Crippen molar-refractivity contribution in [2.24, 2.45) is 5.92 Å². The summed E-state index contributed by atoms with van der Waals surface area (Å²) in [6.45, 7) is 2.97. The van der Waals surface area contributed by atoms with Crippen LogP contribution in [-0.2, 0) is 4.79 Å². The first-order valence-electron chi connectivity index (χ1n) is 6.40. The van der Waals surface area contributed by atoms with Gasteiger partial charge in [-0.1, -0.05) is 25.1 Å². The molecule has 0 spiro atoms. The van der Waals surface area contributed by atoms with Gasteiger partial charge in [-0.25, -0.2) is 0 Å². The molecule has 1 aromatic carbocycles. The van der Waals surface area contributed by atoms with E-state index in [0.29, 0.717) is 13.1 Å². The van der Waals surface area contributed by atoms with Crippen molar-refractivity contribution < 1.29 is 14.6 Å². The number of likely N-dealkylation sites (tertiary alicyclic amines) is 1. The lowest BCUT2D eigenvalue weighted by molar-refractivity contribution is -0.125. The van der Waals surface area contributed by atoms with Crippen LogP contribution >= 0.6 is 0 Å². The van der Waals surface area contributed by atoms with Crippen LogP contribution in [0.2, 0.25) is 0 Å². The first-order chi connectivity index (χ1) is 9.11. The zero-order chi connectivity index (χ0) is 13.8. The summed E-state index contributed by atoms with van der Waals surface area (Å²) in [6.07, 6.45) is 2.86. The van der Waals surface area contributed by atoms with Crippen molar-refractivity contribution in [2.75, 3.05) is 20.2 Å². The molecule has 1 heterocycles. The number of ether oxygens (including phenoxy) is 1. The topological polar surface area (TPSA) is 49.8 Å². The molecule has 1 fully saturated rings. The molecule has 102 valence electrons. The van der Waals surface area contributed by atoms with E-state index in [1.54, 1.807) is 18.1 Å². The van der Waals surface area contributed by atoms with Crippen LogP contribution in [0.15, 0.2) is 30.3 Å². The molecule has 2 rings (SSSR count). The Morgan fingerprint density at radius 1 is 1.42 bits per heavy atom. The number of methoxy groups -OCH3 is 1. The van der Waals surface area contributed by atoms with E-state index in [1.807, 2.05) is 31.2 Å². The minimum atomic E-state index is -0.413. The van der Waals surface area contributed by atoms with Crippen LogP contribution in [0.3, 0.4) is 0 Å². The number of β-amino-alcohol motifs (C(OH)–C–C–N with tert-alkyl or cyclic N) is 1. The highest BCUT2D eigenvalue weighted by atomic mass is 16.5. The third-order valence-electron chi connectivity index (χ3n) is 3.43. The van der Waals surface area contributed by atoms with Gasteiger partial charge in [-0.3, -0.25) is 4.79 Å². The van der Waals surface area contributed by atoms with E-state index in [1.165, 1.54) is 6.08 Å². The Hall–Kier alpha value is -1.81. The maximum absolute atomic E-state index is 12.0. The minimum Gasteiger partial charge on any atom is -0.496 e. The molecule has 2 atom stereocenters. The Morgan fingerprint density at radius 3 is 2.79 bits per heavy atom. The van der Waals surface area contributed by atoms with Gasteiger partial charge in [0.15, 0.2) is 0 Å². The van der Waals surface area contributed by atoms with Crippen LogP contribution in [0.4, 0.5) is 0 Å². The molecule has 1 aliphatic heterocycles. The summed E-state index contributed by atoms with van der Waals surface area (Å²) in [5, 5.41) is 9.65. The number of rotatable bonds is 3. The van der Waals surface area contributed by atoms with Crippen molar-refractivity contribution in [2.45, 2.75) is 13.0 Å². The molecule has 1 aromatic rings. The average Bonchev–Trinajstić information content (AvgIpc) is 2.76. The molecular formula is C15H19NO3. The Balaban J connectivity index is 2.04. The number of carbonyl (C=O) groups excluding carboxylic acids is 1. The van der Waals surface area contributed by atoms with Crippen LogP contribution < -0.4 is 4.74 Å². The molecule has 0 saturated carbocycles. The van der Waals surface area contributed by atoms with E-state index in [0.717, 1.165) is 11.3 Å².